The maximum Gasteiger partial charge on any atom is 0.271 e. The van der Waals surface area contributed by atoms with Crippen molar-refractivity contribution in [2.45, 2.75) is 32.6 Å². The minimum absolute atomic E-state index is 0.140. The second-order valence-electron chi connectivity index (χ2n) is 7.72. The van der Waals surface area contributed by atoms with Crippen molar-refractivity contribution in [2.75, 3.05) is 19.5 Å². The van der Waals surface area contributed by atoms with E-state index in [1.807, 2.05) is 19.1 Å². The molecule has 4 rings (SSSR count). The van der Waals surface area contributed by atoms with Gasteiger partial charge in [0.05, 0.1) is 24.8 Å². The maximum absolute atomic E-state index is 12.7. The summed E-state index contributed by atoms with van der Waals surface area (Å²) >= 11 is 0. The molecule has 0 aliphatic heterocycles. The molecule has 8 nitrogen and oxygen atoms in total. The van der Waals surface area contributed by atoms with Crippen LogP contribution in [-0.4, -0.2) is 25.1 Å². The van der Waals surface area contributed by atoms with Crippen LogP contribution in [0.1, 0.15) is 36.7 Å². The number of non-ortho nitro benzene ring substituents is 1. The molecule has 0 saturated heterocycles. The molecule has 2 aromatic carbocycles. The van der Waals surface area contributed by atoms with Crippen LogP contribution in [0.2, 0.25) is 0 Å². The van der Waals surface area contributed by atoms with Gasteiger partial charge in [0.2, 0.25) is 5.91 Å². The van der Waals surface area contributed by atoms with Gasteiger partial charge in [-0.25, -0.2) is 0 Å². The molecule has 0 atom stereocenters. The molecule has 8 heteroatoms. The number of hydrogen-bond acceptors (Lipinski definition) is 6. The number of hydrogen-bond donors (Lipinski definition) is 1. The standard InChI is InChI=1S/C24H24N2O6/c1-14(10-24(27)25-19-11-15(26(28)29)8-9-21(19)30-2)17-12-18-16-6-4-5-7-20(16)32-23(18)13-22(17)31-3/h8-13H,4-7H2,1-3H3,(H,25,27)/b14-10+. The van der Waals surface area contributed by atoms with Crippen LogP contribution in [0.5, 0.6) is 11.5 Å². The fourth-order valence-corrected chi connectivity index (χ4v) is 4.12. The number of anilines is 1. The predicted molar refractivity (Wildman–Crippen MR) is 121 cm³/mol. The third-order valence-corrected chi connectivity index (χ3v) is 5.70. The number of allylic oxidation sites excluding steroid dienone is 1. The van der Waals surface area contributed by atoms with E-state index < -0.39 is 10.8 Å². The van der Waals surface area contributed by atoms with Crippen LogP contribution in [0.15, 0.2) is 40.8 Å². The lowest BCUT2D eigenvalue weighted by Crippen LogP contribution is -2.10. The molecular weight excluding hydrogens is 412 g/mol. The van der Waals surface area contributed by atoms with Gasteiger partial charge >= 0.3 is 0 Å². The Kier molecular flexibility index (Phi) is 5.85. The summed E-state index contributed by atoms with van der Waals surface area (Å²) in [5.41, 5.74) is 3.58. The number of benzene rings is 2. The van der Waals surface area contributed by atoms with Crippen LogP contribution in [0.4, 0.5) is 11.4 Å². The Labute approximate surface area is 185 Å². The number of nitro groups is 1. The number of ether oxygens (including phenoxy) is 2. The third kappa shape index (κ3) is 4.03. The van der Waals surface area contributed by atoms with E-state index in [0.717, 1.165) is 48.0 Å². The summed E-state index contributed by atoms with van der Waals surface area (Å²) < 4.78 is 16.8. The van der Waals surface area contributed by atoms with Crippen LogP contribution < -0.4 is 14.8 Å². The topological polar surface area (TPSA) is 104 Å². The van der Waals surface area contributed by atoms with Crippen molar-refractivity contribution >= 4 is 33.8 Å². The average Bonchev–Trinajstić information content (AvgIpc) is 3.15. The Morgan fingerprint density at radius 1 is 1.12 bits per heavy atom. The Morgan fingerprint density at radius 2 is 1.88 bits per heavy atom. The number of methoxy groups -OCH3 is 2. The second-order valence-corrected chi connectivity index (χ2v) is 7.72. The fourth-order valence-electron chi connectivity index (χ4n) is 4.12. The van der Waals surface area contributed by atoms with E-state index in [1.165, 1.54) is 36.9 Å². The third-order valence-electron chi connectivity index (χ3n) is 5.70. The lowest BCUT2D eigenvalue weighted by molar-refractivity contribution is -0.384. The zero-order valence-corrected chi connectivity index (χ0v) is 18.2. The van der Waals surface area contributed by atoms with Gasteiger partial charge < -0.3 is 19.2 Å². The molecule has 0 unspecified atom stereocenters. The molecule has 0 fully saturated rings. The van der Waals surface area contributed by atoms with Crippen molar-refractivity contribution < 1.29 is 23.6 Å². The molecule has 1 heterocycles. The summed E-state index contributed by atoms with van der Waals surface area (Å²) in [4.78, 5) is 23.3. The van der Waals surface area contributed by atoms with Gasteiger partial charge in [-0.15, -0.1) is 0 Å². The molecule has 0 saturated carbocycles. The predicted octanol–water partition coefficient (Wildman–Crippen LogP) is 5.28. The Morgan fingerprint density at radius 3 is 2.59 bits per heavy atom. The van der Waals surface area contributed by atoms with E-state index in [4.69, 9.17) is 13.9 Å². The minimum Gasteiger partial charge on any atom is -0.496 e. The smallest absolute Gasteiger partial charge is 0.271 e. The molecule has 1 aliphatic carbocycles. The van der Waals surface area contributed by atoms with Gasteiger partial charge in [0.15, 0.2) is 0 Å². The quantitative estimate of drug-likeness (QED) is 0.320. The molecule has 1 N–H and O–H groups in total. The highest BCUT2D eigenvalue weighted by Crippen LogP contribution is 2.38. The van der Waals surface area contributed by atoms with Crippen molar-refractivity contribution in [3.05, 3.63) is 63.4 Å². The normalized spacial score (nSPS) is 13.5. The van der Waals surface area contributed by atoms with E-state index in [-0.39, 0.29) is 11.4 Å². The molecule has 0 bridgehead atoms. The number of fused-ring (bicyclic) bond motifs is 3. The maximum atomic E-state index is 12.7. The first-order valence-electron chi connectivity index (χ1n) is 10.4. The summed E-state index contributed by atoms with van der Waals surface area (Å²) in [5, 5.41) is 14.8. The number of carbonyl (C=O) groups is 1. The van der Waals surface area contributed by atoms with Gasteiger partial charge in [-0.05, 0) is 43.9 Å². The highest BCUT2D eigenvalue weighted by Gasteiger charge is 2.20. The Hall–Kier alpha value is -3.81. The number of furan rings is 1. The number of carbonyl (C=O) groups excluding carboxylic acids is 1. The summed E-state index contributed by atoms with van der Waals surface area (Å²) in [5.74, 6) is 1.54. The van der Waals surface area contributed by atoms with Gasteiger partial charge in [0, 0.05) is 47.2 Å². The summed E-state index contributed by atoms with van der Waals surface area (Å²) in [7, 11) is 3.01. The molecule has 1 amide bonds. The van der Waals surface area contributed by atoms with Gasteiger partial charge in [-0.1, -0.05) is 0 Å². The lowest BCUT2D eigenvalue weighted by atomic mass is 9.94. The summed E-state index contributed by atoms with van der Waals surface area (Å²) in [6.45, 7) is 1.82. The zero-order chi connectivity index (χ0) is 22.8. The second kappa shape index (κ2) is 8.74. The van der Waals surface area contributed by atoms with E-state index in [0.29, 0.717) is 17.1 Å². The van der Waals surface area contributed by atoms with Crippen molar-refractivity contribution in [1.29, 1.82) is 0 Å². The minimum atomic E-state index is -0.526. The summed E-state index contributed by atoms with van der Waals surface area (Å²) in [6.07, 6.45) is 5.60. The zero-order valence-electron chi connectivity index (χ0n) is 18.2. The van der Waals surface area contributed by atoms with Crippen LogP contribution >= 0.6 is 0 Å². The van der Waals surface area contributed by atoms with Gasteiger partial charge in [0.25, 0.3) is 5.69 Å². The van der Waals surface area contributed by atoms with Crippen molar-refractivity contribution in [3.63, 3.8) is 0 Å². The van der Waals surface area contributed by atoms with E-state index in [9.17, 15) is 14.9 Å². The molecule has 1 aliphatic rings. The number of aryl methyl sites for hydroxylation is 2. The van der Waals surface area contributed by atoms with Crippen LogP contribution in [0.25, 0.3) is 16.5 Å². The number of amides is 1. The van der Waals surface area contributed by atoms with Gasteiger partial charge in [-0.3, -0.25) is 14.9 Å². The van der Waals surface area contributed by atoms with Gasteiger partial charge in [-0.2, -0.15) is 0 Å². The number of nitrogens with zero attached hydrogens (tertiary/aromatic N) is 1. The van der Waals surface area contributed by atoms with Crippen molar-refractivity contribution in [1.82, 2.24) is 0 Å². The Balaban J connectivity index is 1.67. The molecule has 1 aromatic heterocycles. The van der Waals surface area contributed by atoms with E-state index in [2.05, 4.69) is 5.32 Å². The first-order valence-corrected chi connectivity index (χ1v) is 10.4. The molecule has 166 valence electrons. The van der Waals surface area contributed by atoms with Crippen LogP contribution in [0, 0.1) is 10.1 Å². The molecule has 32 heavy (non-hydrogen) atoms. The summed E-state index contributed by atoms with van der Waals surface area (Å²) in [6, 6.07) is 7.91. The van der Waals surface area contributed by atoms with Crippen LogP contribution in [0.3, 0.4) is 0 Å². The number of nitro benzene ring substituents is 1. The lowest BCUT2D eigenvalue weighted by Gasteiger charge is -2.12. The highest BCUT2D eigenvalue weighted by molar-refractivity contribution is 6.05. The monoisotopic (exact) mass is 436 g/mol. The Bertz CT molecular complexity index is 1240. The number of nitrogens with one attached hydrogen (secondary N) is 1. The number of rotatable bonds is 6. The van der Waals surface area contributed by atoms with E-state index >= 15 is 0 Å². The SMILES string of the molecule is COc1ccc([N+](=O)[O-])cc1NC(=O)/C=C(\C)c1cc2c3c(oc2cc1OC)CCCC3. The molecule has 0 spiro atoms. The van der Waals surface area contributed by atoms with Crippen LogP contribution in [-0.2, 0) is 17.6 Å². The average molecular weight is 436 g/mol. The first kappa shape index (κ1) is 21.4. The molecular formula is C24H24N2O6. The van der Waals surface area contributed by atoms with Crippen molar-refractivity contribution in [3.8, 4) is 11.5 Å². The first-order chi connectivity index (χ1) is 15.4. The molecule has 3 aromatic rings. The van der Waals surface area contributed by atoms with E-state index in [1.54, 1.807) is 7.11 Å². The van der Waals surface area contributed by atoms with Crippen molar-refractivity contribution in [2.24, 2.45) is 0 Å². The molecule has 0 radical (unpaired) electrons. The van der Waals surface area contributed by atoms with Gasteiger partial charge in [0.1, 0.15) is 22.8 Å². The highest BCUT2D eigenvalue weighted by atomic mass is 16.6. The largest absolute Gasteiger partial charge is 0.496 e. The fraction of sp³-hybridized carbons (Fsp3) is 0.292.